The molecular formula is C36H55NO11. The number of rotatable bonds is 6. The highest BCUT2D eigenvalue weighted by Gasteiger charge is 2.53. The van der Waals surface area contributed by atoms with Crippen molar-refractivity contribution in [2.75, 3.05) is 32.8 Å². The third-order valence-corrected chi connectivity index (χ3v) is 12.1. The zero-order chi connectivity index (χ0) is 34.1. The zero-order valence-corrected chi connectivity index (χ0v) is 28.6. The minimum absolute atomic E-state index is 0.0541. The monoisotopic (exact) mass is 677 g/mol. The smallest absolute Gasteiger partial charge is 0.320 e. The second-order valence-corrected chi connectivity index (χ2v) is 15.1. The number of cyclic esters (lactones) is 1. The number of fused-ring (bicyclic) bond motifs is 5. The van der Waals surface area contributed by atoms with Crippen molar-refractivity contribution in [3.05, 3.63) is 11.6 Å². The number of Topliss-reactive ketones (excluding diaryl/α,β-unsaturated/α-hetero) is 1. The van der Waals surface area contributed by atoms with E-state index >= 15 is 0 Å². The van der Waals surface area contributed by atoms with E-state index in [9.17, 15) is 29.7 Å². The molecule has 3 N–H and O–H groups in total. The minimum Gasteiger partial charge on any atom is -0.462 e. The third kappa shape index (κ3) is 7.70. The lowest BCUT2D eigenvalue weighted by Gasteiger charge is -2.40. The number of hydrogen-bond acceptors (Lipinski definition) is 12. The number of morpholine rings is 1. The summed E-state index contributed by atoms with van der Waals surface area (Å²) in [4.78, 5) is 42.9. The van der Waals surface area contributed by atoms with Crippen LogP contribution >= 0.6 is 0 Å². The number of carbonyl (C=O) groups excluding carboxylic acids is 3. The Labute approximate surface area is 283 Å². The fraction of sp³-hybridized carbons (Fsp3) is 0.861. The highest BCUT2D eigenvalue weighted by Crippen LogP contribution is 2.56. The van der Waals surface area contributed by atoms with E-state index in [1.54, 1.807) is 6.92 Å². The number of aliphatic hydroxyl groups is 3. The summed E-state index contributed by atoms with van der Waals surface area (Å²) in [6, 6.07) is 0. The number of esters is 2. The Balaban J connectivity index is 1.19. The van der Waals surface area contributed by atoms with Crippen molar-refractivity contribution in [1.29, 1.82) is 0 Å². The Kier molecular flexibility index (Phi) is 11.6. The molecule has 5 fully saturated rings. The molecule has 0 spiro atoms. The maximum Gasteiger partial charge on any atom is 0.320 e. The molecule has 3 aliphatic carbocycles. The molecule has 0 aromatic rings. The first-order valence-corrected chi connectivity index (χ1v) is 18.3. The number of ether oxygens (including phenoxy) is 5. The predicted molar refractivity (Wildman–Crippen MR) is 171 cm³/mol. The van der Waals surface area contributed by atoms with Crippen molar-refractivity contribution in [2.24, 2.45) is 35.5 Å². The fourth-order valence-electron chi connectivity index (χ4n) is 9.35. The van der Waals surface area contributed by atoms with Crippen LogP contribution in [0.1, 0.15) is 78.6 Å². The number of aliphatic hydroxyl groups excluding tert-OH is 3. The predicted octanol–water partition coefficient (Wildman–Crippen LogP) is 2.15. The molecule has 6 aliphatic rings. The zero-order valence-electron chi connectivity index (χ0n) is 28.6. The van der Waals surface area contributed by atoms with Crippen LogP contribution in [0.3, 0.4) is 0 Å². The molecule has 3 heterocycles. The number of allylic oxidation sites excluding steroid dienone is 2. The van der Waals surface area contributed by atoms with E-state index in [-0.39, 0.29) is 66.6 Å². The molecule has 0 bridgehead atoms. The van der Waals surface area contributed by atoms with Crippen molar-refractivity contribution >= 4 is 17.7 Å². The molecule has 14 atom stereocenters. The van der Waals surface area contributed by atoms with Gasteiger partial charge in [0.1, 0.15) is 30.5 Å². The molecule has 0 aromatic heterocycles. The molecule has 2 saturated carbocycles. The summed E-state index contributed by atoms with van der Waals surface area (Å²) in [7, 11) is 0. The van der Waals surface area contributed by atoms with Crippen LogP contribution in [0.15, 0.2) is 11.6 Å². The molecule has 12 heteroatoms. The standard InChI is InChI=1S/C36H55NO11/c1-4-22-6-5-7-29(48-31(39)18-37-10-12-44-13-11-37)19(2)32(40)28-16-26-24(27(28)17-30(38)46-22)9-8-21-14-23(15-25(21)26)47-36-35(43)34(42)33(41)20(3)45-36/h16,19-27,29,33-36,41-43H,4-15,17-18H2,1-3H3/t19?,20-,21?,22?,23?,24?,25?,26?,27?,29?,33-,34+,35+,36-/m0/s1. The molecule has 0 radical (unpaired) electrons. The van der Waals surface area contributed by atoms with Crippen LogP contribution < -0.4 is 0 Å². The van der Waals surface area contributed by atoms with Gasteiger partial charge in [-0.2, -0.15) is 0 Å². The van der Waals surface area contributed by atoms with Crippen LogP contribution in [0.5, 0.6) is 0 Å². The molecule has 3 aliphatic heterocycles. The Morgan fingerprint density at radius 2 is 1.75 bits per heavy atom. The molecule has 3 saturated heterocycles. The summed E-state index contributed by atoms with van der Waals surface area (Å²) in [6.07, 6.45) is 1.47. The summed E-state index contributed by atoms with van der Waals surface area (Å²) < 4.78 is 29.4. The molecule has 270 valence electrons. The molecule has 12 nitrogen and oxygen atoms in total. The fourth-order valence-corrected chi connectivity index (χ4v) is 9.35. The van der Waals surface area contributed by atoms with Gasteiger partial charge in [0.15, 0.2) is 12.1 Å². The molecular weight excluding hydrogens is 622 g/mol. The van der Waals surface area contributed by atoms with Crippen molar-refractivity contribution in [2.45, 2.75) is 128 Å². The van der Waals surface area contributed by atoms with Gasteiger partial charge in [-0.15, -0.1) is 0 Å². The van der Waals surface area contributed by atoms with Crippen LogP contribution in [0.2, 0.25) is 0 Å². The van der Waals surface area contributed by atoms with E-state index in [1.165, 1.54) is 0 Å². The van der Waals surface area contributed by atoms with Gasteiger partial charge in [-0.3, -0.25) is 19.3 Å². The normalized spacial score (nSPS) is 44.3. The van der Waals surface area contributed by atoms with E-state index in [2.05, 4.69) is 6.08 Å². The van der Waals surface area contributed by atoms with Crippen LogP contribution in [0.4, 0.5) is 0 Å². The lowest BCUT2D eigenvalue weighted by Crippen LogP contribution is -2.57. The van der Waals surface area contributed by atoms with Gasteiger partial charge in [0.05, 0.1) is 44.3 Å². The summed E-state index contributed by atoms with van der Waals surface area (Å²) in [5.41, 5.74) is 0.666. The average Bonchev–Trinajstić information content (AvgIpc) is 3.65. The van der Waals surface area contributed by atoms with Crippen molar-refractivity contribution in [3.8, 4) is 0 Å². The molecule has 6 rings (SSSR count). The van der Waals surface area contributed by atoms with Gasteiger partial charge in [-0.1, -0.05) is 19.9 Å². The first kappa shape index (κ1) is 35.9. The van der Waals surface area contributed by atoms with Gasteiger partial charge < -0.3 is 39.0 Å². The van der Waals surface area contributed by atoms with Gasteiger partial charge in [0.2, 0.25) is 0 Å². The van der Waals surface area contributed by atoms with E-state index in [0.717, 1.165) is 19.3 Å². The summed E-state index contributed by atoms with van der Waals surface area (Å²) in [5, 5.41) is 31.0. The third-order valence-electron chi connectivity index (χ3n) is 12.1. The summed E-state index contributed by atoms with van der Waals surface area (Å²) in [6.45, 7) is 8.18. The van der Waals surface area contributed by atoms with Crippen molar-refractivity contribution < 1.29 is 53.4 Å². The summed E-state index contributed by atoms with van der Waals surface area (Å²) in [5.74, 6) is -0.692. The van der Waals surface area contributed by atoms with Gasteiger partial charge >= 0.3 is 11.9 Å². The van der Waals surface area contributed by atoms with Gasteiger partial charge in [0, 0.05) is 19.0 Å². The first-order chi connectivity index (χ1) is 23.0. The topological polar surface area (TPSA) is 161 Å². The van der Waals surface area contributed by atoms with E-state index in [1.807, 2.05) is 18.7 Å². The maximum atomic E-state index is 14.4. The molecule has 9 unspecified atom stereocenters. The molecule has 48 heavy (non-hydrogen) atoms. The number of hydrogen-bond donors (Lipinski definition) is 3. The lowest BCUT2D eigenvalue weighted by molar-refractivity contribution is -0.303. The van der Waals surface area contributed by atoms with E-state index < -0.39 is 42.7 Å². The quantitative estimate of drug-likeness (QED) is 0.352. The average molecular weight is 678 g/mol. The van der Waals surface area contributed by atoms with Gasteiger partial charge in [-0.25, -0.2) is 0 Å². The largest absolute Gasteiger partial charge is 0.462 e. The van der Waals surface area contributed by atoms with Crippen LogP contribution in [0.25, 0.3) is 0 Å². The minimum atomic E-state index is -1.36. The number of carbonyl (C=O) groups is 3. The van der Waals surface area contributed by atoms with Crippen molar-refractivity contribution in [1.82, 2.24) is 4.90 Å². The van der Waals surface area contributed by atoms with E-state index in [4.69, 9.17) is 23.7 Å². The van der Waals surface area contributed by atoms with Crippen LogP contribution in [0, 0.1) is 35.5 Å². The SMILES string of the molecule is CCC1CCCC(OC(=O)CN2CCOCC2)C(C)C(=O)C2=CC3C4CC(O[C@@H]5O[C@@H](C)[C@H](O)[C@@H](O)[C@H]5O)CC4CCC3C2CC(=O)O1. The Bertz CT molecular complexity index is 1190. The maximum absolute atomic E-state index is 14.4. The Morgan fingerprint density at radius 3 is 2.50 bits per heavy atom. The highest BCUT2D eigenvalue weighted by atomic mass is 16.7. The lowest BCUT2D eigenvalue weighted by atomic mass is 9.66. The summed E-state index contributed by atoms with van der Waals surface area (Å²) >= 11 is 0. The molecule has 0 aromatic carbocycles. The van der Waals surface area contributed by atoms with Gasteiger partial charge in [-0.05, 0) is 87.5 Å². The second-order valence-electron chi connectivity index (χ2n) is 15.1. The Hall–Kier alpha value is -1.93. The van der Waals surface area contributed by atoms with Gasteiger partial charge in [0.25, 0.3) is 0 Å². The van der Waals surface area contributed by atoms with E-state index in [0.29, 0.717) is 69.9 Å². The van der Waals surface area contributed by atoms with Crippen LogP contribution in [-0.4, -0.2) is 120 Å². The number of nitrogens with zero attached hydrogens (tertiary/aromatic N) is 1. The Morgan fingerprint density at radius 1 is 0.979 bits per heavy atom. The number of ketones is 1. The van der Waals surface area contributed by atoms with Crippen molar-refractivity contribution in [3.63, 3.8) is 0 Å². The first-order valence-electron chi connectivity index (χ1n) is 18.3. The molecule has 0 amide bonds. The highest BCUT2D eigenvalue weighted by molar-refractivity contribution is 5.99. The second kappa shape index (κ2) is 15.5. The van der Waals surface area contributed by atoms with Crippen LogP contribution in [-0.2, 0) is 38.1 Å².